The van der Waals surface area contributed by atoms with E-state index in [2.05, 4.69) is 4.98 Å². The van der Waals surface area contributed by atoms with E-state index in [1.54, 1.807) is 30.3 Å². The first kappa shape index (κ1) is 11.9. The lowest BCUT2D eigenvalue weighted by atomic mass is 9.90. The Hall–Kier alpha value is -2.20. The summed E-state index contributed by atoms with van der Waals surface area (Å²) in [7, 11) is 0. The van der Waals surface area contributed by atoms with Gasteiger partial charge in [-0.05, 0) is 24.3 Å². The van der Waals surface area contributed by atoms with Gasteiger partial charge < -0.3 is 5.11 Å². The number of carboxylic acid groups (broad SMARTS) is 1. The number of fused-ring (bicyclic) bond motifs is 2. The van der Waals surface area contributed by atoms with E-state index >= 15 is 0 Å². The van der Waals surface area contributed by atoms with Gasteiger partial charge in [-0.2, -0.15) is 0 Å². The second-order valence-corrected chi connectivity index (χ2v) is 4.73. The molecule has 19 heavy (non-hydrogen) atoms. The first-order valence-corrected chi connectivity index (χ1v) is 5.99. The van der Waals surface area contributed by atoms with E-state index in [1.807, 2.05) is 0 Å². The van der Waals surface area contributed by atoms with E-state index in [0.29, 0.717) is 21.8 Å². The maximum absolute atomic E-state index is 12.1. The molecule has 1 aromatic heterocycles. The van der Waals surface area contributed by atoms with Crippen molar-refractivity contribution in [3.8, 4) is 0 Å². The molecular weight excluding hydrogens is 266 g/mol. The number of rotatable bonds is 1. The van der Waals surface area contributed by atoms with Crippen molar-refractivity contribution < 1.29 is 14.7 Å². The van der Waals surface area contributed by atoms with Crippen LogP contribution in [0.25, 0.3) is 17.0 Å². The lowest BCUT2D eigenvalue weighted by Gasteiger charge is -2.15. The number of carbonyl (C=O) groups excluding carboxylic acids is 1. The van der Waals surface area contributed by atoms with Crippen molar-refractivity contribution in [1.29, 1.82) is 0 Å². The zero-order valence-electron chi connectivity index (χ0n) is 9.63. The van der Waals surface area contributed by atoms with Gasteiger partial charge in [-0.25, -0.2) is 4.98 Å². The van der Waals surface area contributed by atoms with Gasteiger partial charge in [-0.15, -0.1) is 0 Å². The number of hydrogen-bond acceptors (Lipinski definition) is 3. The largest absolute Gasteiger partial charge is 0.480 e. The van der Waals surface area contributed by atoms with Crippen molar-refractivity contribution in [3.05, 3.63) is 46.6 Å². The molecule has 0 spiro atoms. The molecule has 5 heteroatoms. The quantitative estimate of drug-likeness (QED) is 0.811. The van der Waals surface area contributed by atoms with Gasteiger partial charge in [0, 0.05) is 16.0 Å². The Morgan fingerprint density at radius 3 is 2.84 bits per heavy atom. The SMILES string of the molecule is O=C(O)C1C=Cc2nc3cc(Cl)ccc3cc2C1=O. The van der Waals surface area contributed by atoms with Crippen LogP contribution in [0.4, 0.5) is 0 Å². The average molecular weight is 274 g/mol. The summed E-state index contributed by atoms with van der Waals surface area (Å²) in [6.07, 6.45) is 2.92. The molecule has 0 amide bonds. The maximum Gasteiger partial charge on any atom is 0.318 e. The number of hydrogen-bond donors (Lipinski definition) is 1. The van der Waals surface area contributed by atoms with Crippen LogP contribution in [-0.4, -0.2) is 21.8 Å². The van der Waals surface area contributed by atoms with Gasteiger partial charge in [0.15, 0.2) is 5.78 Å². The normalized spacial score (nSPS) is 17.5. The smallest absolute Gasteiger partial charge is 0.318 e. The molecule has 3 rings (SSSR count). The van der Waals surface area contributed by atoms with Gasteiger partial charge in [0.2, 0.25) is 0 Å². The molecule has 1 N–H and O–H groups in total. The molecular formula is C14H8ClNO3. The molecule has 0 saturated carbocycles. The molecule has 0 aliphatic heterocycles. The number of carbonyl (C=O) groups is 2. The van der Waals surface area contributed by atoms with Crippen LogP contribution in [0.5, 0.6) is 0 Å². The summed E-state index contributed by atoms with van der Waals surface area (Å²) >= 11 is 5.89. The van der Waals surface area contributed by atoms with Gasteiger partial charge in [0.25, 0.3) is 0 Å². The van der Waals surface area contributed by atoms with E-state index in [-0.39, 0.29) is 0 Å². The highest BCUT2D eigenvalue weighted by Gasteiger charge is 2.30. The van der Waals surface area contributed by atoms with Gasteiger partial charge in [-0.1, -0.05) is 23.7 Å². The second-order valence-electron chi connectivity index (χ2n) is 4.30. The number of nitrogens with zero attached hydrogens (tertiary/aromatic N) is 1. The lowest BCUT2D eigenvalue weighted by molar-refractivity contribution is -0.138. The summed E-state index contributed by atoms with van der Waals surface area (Å²) in [5.74, 6) is -2.71. The molecule has 1 aliphatic rings. The van der Waals surface area contributed by atoms with Gasteiger partial charge in [0.05, 0.1) is 11.2 Å². The van der Waals surface area contributed by atoms with Crippen LogP contribution in [0.3, 0.4) is 0 Å². The summed E-state index contributed by atoms with van der Waals surface area (Å²) in [5, 5.41) is 10.3. The Morgan fingerprint density at radius 1 is 1.32 bits per heavy atom. The monoisotopic (exact) mass is 273 g/mol. The highest BCUT2D eigenvalue weighted by atomic mass is 35.5. The molecule has 1 aromatic carbocycles. The second kappa shape index (κ2) is 4.17. The van der Waals surface area contributed by atoms with Crippen molar-refractivity contribution >= 4 is 40.3 Å². The molecule has 0 radical (unpaired) electrons. The zero-order valence-corrected chi connectivity index (χ0v) is 10.4. The molecule has 0 saturated heterocycles. The van der Waals surface area contributed by atoms with Crippen molar-refractivity contribution in [3.63, 3.8) is 0 Å². The first-order valence-electron chi connectivity index (χ1n) is 5.62. The summed E-state index contributed by atoms with van der Waals surface area (Å²) in [5.41, 5.74) is 1.50. The Morgan fingerprint density at radius 2 is 2.11 bits per heavy atom. The Balaban J connectivity index is 2.22. The van der Waals surface area contributed by atoms with Crippen LogP contribution in [0.2, 0.25) is 5.02 Å². The van der Waals surface area contributed by atoms with Crippen LogP contribution in [0.15, 0.2) is 30.3 Å². The van der Waals surface area contributed by atoms with E-state index in [4.69, 9.17) is 16.7 Å². The maximum atomic E-state index is 12.1. The minimum absolute atomic E-state index is 0.338. The minimum atomic E-state index is -1.15. The number of Topliss-reactive ketones (excluding diaryl/α,β-unsaturated/α-hetero) is 1. The minimum Gasteiger partial charge on any atom is -0.480 e. The number of aromatic nitrogens is 1. The van der Waals surface area contributed by atoms with E-state index in [9.17, 15) is 9.59 Å². The molecule has 0 fully saturated rings. The Bertz CT molecular complexity index is 752. The third-order valence-corrected chi connectivity index (χ3v) is 3.30. The van der Waals surface area contributed by atoms with Crippen LogP contribution in [-0.2, 0) is 4.79 Å². The summed E-state index contributed by atoms with van der Waals surface area (Å²) in [6.45, 7) is 0. The predicted molar refractivity (Wildman–Crippen MR) is 71.2 cm³/mol. The fourth-order valence-corrected chi connectivity index (χ4v) is 2.28. The van der Waals surface area contributed by atoms with Crippen molar-refractivity contribution in [2.45, 2.75) is 0 Å². The summed E-state index contributed by atoms with van der Waals surface area (Å²) in [6, 6.07) is 6.83. The third kappa shape index (κ3) is 1.90. The zero-order chi connectivity index (χ0) is 13.6. The first-order chi connectivity index (χ1) is 9.06. The molecule has 4 nitrogen and oxygen atoms in total. The molecule has 1 heterocycles. The van der Waals surface area contributed by atoms with E-state index < -0.39 is 17.7 Å². The number of halogens is 1. The van der Waals surface area contributed by atoms with E-state index in [1.165, 1.54) is 6.08 Å². The number of ketones is 1. The van der Waals surface area contributed by atoms with Crippen molar-refractivity contribution in [2.75, 3.05) is 0 Å². The van der Waals surface area contributed by atoms with Crippen molar-refractivity contribution in [2.24, 2.45) is 5.92 Å². The average Bonchev–Trinajstić information content (AvgIpc) is 2.37. The van der Waals surface area contributed by atoms with Crippen LogP contribution in [0, 0.1) is 5.92 Å². The fraction of sp³-hybridized carbons (Fsp3) is 0.0714. The lowest BCUT2D eigenvalue weighted by Crippen LogP contribution is -2.25. The van der Waals surface area contributed by atoms with Gasteiger partial charge in [-0.3, -0.25) is 9.59 Å². The molecule has 0 bridgehead atoms. The number of pyridine rings is 1. The van der Waals surface area contributed by atoms with Crippen LogP contribution >= 0.6 is 11.6 Å². The number of aliphatic carboxylic acids is 1. The summed E-state index contributed by atoms with van der Waals surface area (Å²) < 4.78 is 0. The summed E-state index contributed by atoms with van der Waals surface area (Å²) in [4.78, 5) is 27.4. The Kier molecular flexibility index (Phi) is 2.61. The van der Waals surface area contributed by atoms with Crippen molar-refractivity contribution in [1.82, 2.24) is 4.98 Å². The molecule has 94 valence electrons. The van der Waals surface area contributed by atoms with Gasteiger partial charge in [0.1, 0.15) is 5.92 Å². The predicted octanol–water partition coefficient (Wildman–Crippen LogP) is 2.80. The fourth-order valence-electron chi connectivity index (χ4n) is 2.12. The molecule has 1 atom stereocenters. The standard InChI is InChI=1S/C14H8ClNO3/c15-8-2-1-7-5-10-11(16-12(7)6-8)4-3-9(13(10)17)14(18)19/h1-6,9H,(H,18,19). The molecule has 1 aliphatic carbocycles. The highest BCUT2D eigenvalue weighted by molar-refractivity contribution is 6.31. The molecule has 1 unspecified atom stereocenters. The van der Waals surface area contributed by atoms with Crippen LogP contribution < -0.4 is 0 Å². The Labute approximate surface area is 113 Å². The van der Waals surface area contributed by atoms with Gasteiger partial charge >= 0.3 is 5.97 Å². The topological polar surface area (TPSA) is 67.3 Å². The van der Waals surface area contributed by atoms with E-state index in [0.717, 1.165) is 5.39 Å². The third-order valence-electron chi connectivity index (χ3n) is 3.07. The number of benzene rings is 1. The highest BCUT2D eigenvalue weighted by Crippen LogP contribution is 2.26. The molecule has 2 aromatic rings. The number of carboxylic acids is 1. The van der Waals surface area contributed by atoms with Crippen LogP contribution in [0.1, 0.15) is 16.1 Å².